The van der Waals surface area contributed by atoms with Crippen LogP contribution in [0.1, 0.15) is 6.92 Å². The van der Waals surface area contributed by atoms with Gasteiger partial charge in [-0.3, -0.25) is 4.90 Å². The lowest BCUT2D eigenvalue weighted by molar-refractivity contribution is -0.0583. The zero-order valence-corrected chi connectivity index (χ0v) is 12.4. The maximum atomic E-state index is 10.2. The number of nitrogens with zero attached hydrogens (tertiary/aromatic N) is 2. The summed E-state index contributed by atoms with van der Waals surface area (Å²) < 4.78 is 12.9. The number of hydrogen-bond donors (Lipinski definition) is 3. The highest BCUT2D eigenvalue weighted by Gasteiger charge is 2.56. The van der Waals surface area contributed by atoms with E-state index in [9.17, 15) is 10.2 Å². The van der Waals surface area contributed by atoms with Gasteiger partial charge in [-0.05, 0) is 11.0 Å². The molecular weight excluding hydrogens is 367 g/mol. The summed E-state index contributed by atoms with van der Waals surface area (Å²) >= 11 is 2.05. The highest BCUT2D eigenvalue weighted by atomic mass is 127. The molecule has 5 atom stereocenters. The summed E-state index contributed by atoms with van der Waals surface area (Å²) in [7, 11) is 0. The fourth-order valence-corrected chi connectivity index (χ4v) is 3.31. The Labute approximate surface area is 123 Å². The van der Waals surface area contributed by atoms with E-state index < -0.39 is 30.3 Å². The summed E-state index contributed by atoms with van der Waals surface area (Å²) in [6.45, 7) is 1.75. The number of aliphatic hydroxyl groups excluding tert-OH is 2. The first-order valence-electron chi connectivity index (χ1n) is 5.97. The van der Waals surface area contributed by atoms with Crippen molar-refractivity contribution in [3.63, 3.8) is 0 Å². The molecule has 3 N–H and O–H groups in total. The maximum Gasteiger partial charge on any atom is 0.293 e. The van der Waals surface area contributed by atoms with Gasteiger partial charge in [-0.25, -0.2) is 0 Å². The fourth-order valence-electron chi connectivity index (χ4n) is 2.52. The summed E-state index contributed by atoms with van der Waals surface area (Å²) in [6, 6.07) is 0.275. The zero-order valence-electron chi connectivity index (χ0n) is 10.2. The molecule has 8 heteroatoms. The summed E-state index contributed by atoms with van der Waals surface area (Å²) in [5.74, 6) is 0. The molecule has 106 valence electrons. The molecule has 1 unspecified atom stereocenters. The van der Waals surface area contributed by atoms with Gasteiger partial charge in [-0.2, -0.15) is 4.99 Å². The molecule has 3 aliphatic heterocycles. The Morgan fingerprint density at radius 1 is 1.63 bits per heavy atom. The minimum Gasteiger partial charge on any atom is -0.454 e. The van der Waals surface area contributed by atoms with Crippen LogP contribution >= 0.6 is 22.6 Å². The van der Waals surface area contributed by atoms with Crippen molar-refractivity contribution in [1.82, 2.24) is 4.90 Å². The molecule has 3 aliphatic rings. The van der Waals surface area contributed by atoms with Gasteiger partial charge in [0, 0.05) is 5.57 Å². The number of ether oxygens (including phenoxy) is 2. The van der Waals surface area contributed by atoms with Crippen LogP contribution in [0.25, 0.3) is 0 Å². The summed E-state index contributed by atoms with van der Waals surface area (Å²) in [6.07, 6.45) is -2.61. The number of aliphatic imine (C=N–C) groups is 1. The number of amidine groups is 1. The number of fused-ring (bicyclic) bond motifs is 3. The molecule has 0 aliphatic carbocycles. The quantitative estimate of drug-likeness (QED) is 0.513. The molecule has 19 heavy (non-hydrogen) atoms. The number of aliphatic hydroxyl groups is 3. The molecule has 0 amide bonds. The van der Waals surface area contributed by atoms with Crippen LogP contribution in [-0.4, -0.2) is 69.7 Å². The minimum absolute atomic E-state index is 0.259. The molecule has 0 radical (unpaired) electrons. The lowest BCUT2D eigenvalue weighted by atomic mass is 10.1. The van der Waals surface area contributed by atoms with Gasteiger partial charge in [0.25, 0.3) is 6.02 Å². The van der Waals surface area contributed by atoms with Gasteiger partial charge in [-0.15, -0.1) is 0 Å². The van der Waals surface area contributed by atoms with Crippen LogP contribution in [0.4, 0.5) is 0 Å². The van der Waals surface area contributed by atoms with Crippen LogP contribution in [-0.2, 0) is 9.47 Å². The van der Waals surface area contributed by atoms with E-state index in [1.165, 1.54) is 0 Å². The monoisotopic (exact) mass is 382 g/mol. The average molecular weight is 382 g/mol. The van der Waals surface area contributed by atoms with E-state index >= 15 is 0 Å². The topological polar surface area (TPSA) is 94.8 Å². The van der Waals surface area contributed by atoms with Gasteiger partial charge < -0.3 is 24.8 Å². The Kier molecular flexibility index (Phi) is 3.25. The first-order valence-corrected chi connectivity index (χ1v) is 7.22. The molecule has 2 fully saturated rings. The molecule has 3 heterocycles. The van der Waals surface area contributed by atoms with Crippen LogP contribution in [0.5, 0.6) is 0 Å². The van der Waals surface area contributed by atoms with Gasteiger partial charge in [0.1, 0.15) is 12.2 Å². The lowest BCUT2D eigenvalue weighted by Crippen LogP contribution is -2.46. The fraction of sp³-hybridized carbons (Fsp3) is 0.727. The van der Waals surface area contributed by atoms with E-state index in [1.54, 1.807) is 15.9 Å². The van der Waals surface area contributed by atoms with Crippen molar-refractivity contribution in [3.8, 4) is 0 Å². The second-order valence-electron chi connectivity index (χ2n) is 5.00. The normalized spacial score (nSPS) is 46.9. The van der Waals surface area contributed by atoms with Crippen molar-refractivity contribution in [1.29, 1.82) is 0 Å². The van der Waals surface area contributed by atoms with Crippen molar-refractivity contribution in [3.05, 3.63) is 9.66 Å². The summed E-state index contributed by atoms with van der Waals surface area (Å²) in [4.78, 5) is 5.90. The predicted molar refractivity (Wildman–Crippen MR) is 73.5 cm³/mol. The Hall–Kier alpha value is -0.420. The van der Waals surface area contributed by atoms with Gasteiger partial charge in [0.05, 0.1) is 13.2 Å². The van der Waals surface area contributed by atoms with Crippen LogP contribution in [0.2, 0.25) is 0 Å². The minimum atomic E-state index is -1.30. The Morgan fingerprint density at radius 2 is 2.37 bits per heavy atom. The molecular formula is C11H15IN2O5. The molecule has 0 aromatic heterocycles. The van der Waals surface area contributed by atoms with Crippen molar-refractivity contribution in [2.24, 2.45) is 4.99 Å². The third-order valence-electron chi connectivity index (χ3n) is 3.68. The largest absolute Gasteiger partial charge is 0.454 e. The van der Waals surface area contributed by atoms with Gasteiger partial charge in [0.15, 0.2) is 18.1 Å². The van der Waals surface area contributed by atoms with Gasteiger partial charge >= 0.3 is 0 Å². The van der Waals surface area contributed by atoms with Gasteiger partial charge in [0.2, 0.25) is 0 Å². The lowest BCUT2D eigenvalue weighted by Gasteiger charge is -2.34. The van der Waals surface area contributed by atoms with E-state index in [2.05, 4.69) is 27.6 Å². The molecule has 0 bridgehead atoms. The van der Waals surface area contributed by atoms with Crippen molar-refractivity contribution >= 4 is 28.6 Å². The van der Waals surface area contributed by atoms with Crippen LogP contribution in [0.3, 0.4) is 0 Å². The third kappa shape index (κ3) is 1.97. The molecule has 0 saturated carbocycles. The van der Waals surface area contributed by atoms with E-state index in [0.29, 0.717) is 6.54 Å². The molecule has 0 aromatic rings. The highest BCUT2D eigenvalue weighted by Crippen LogP contribution is 2.37. The smallest absolute Gasteiger partial charge is 0.293 e. The molecule has 0 spiro atoms. The average Bonchev–Trinajstić information content (AvgIpc) is 2.84. The van der Waals surface area contributed by atoms with Crippen molar-refractivity contribution in [2.75, 3.05) is 13.2 Å². The second kappa shape index (κ2) is 4.55. The highest BCUT2D eigenvalue weighted by molar-refractivity contribution is 14.1. The van der Waals surface area contributed by atoms with E-state index in [1.807, 2.05) is 0 Å². The van der Waals surface area contributed by atoms with Gasteiger partial charge in [-0.1, -0.05) is 22.6 Å². The molecule has 0 aromatic carbocycles. The molecule has 7 nitrogen and oxygen atoms in total. The Balaban J connectivity index is 1.90. The molecule has 2 saturated heterocycles. The van der Waals surface area contributed by atoms with Crippen LogP contribution in [0.15, 0.2) is 14.6 Å². The second-order valence-corrected chi connectivity index (χ2v) is 5.62. The maximum absolute atomic E-state index is 10.2. The first-order chi connectivity index (χ1) is 8.97. The summed E-state index contributed by atoms with van der Waals surface area (Å²) in [5.41, 5.74) is -0.570. The third-order valence-corrected chi connectivity index (χ3v) is 4.43. The van der Waals surface area contributed by atoms with E-state index in [-0.39, 0.29) is 12.6 Å². The standard InChI is InChI=1S/C11H15IN2O5/c1-11(17)5(2-12)3-14-9-8(19-10(14)13-11)7(16)6(4-15)18-9/h2,6-9,15-17H,3-4H2,1H3/b5-2-/t6-,7-,8+,9-,11?/m0/s1. The Bertz CT molecular complexity index is 452. The predicted octanol–water partition coefficient (Wildman–Crippen LogP) is -0.838. The van der Waals surface area contributed by atoms with Crippen molar-refractivity contribution in [2.45, 2.75) is 37.2 Å². The molecule has 3 rings (SSSR count). The first kappa shape index (κ1) is 13.6. The number of rotatable bonds is 1. The van der Waals surface area contributed by atoms with Crippen molar-refractivity contribution < 1.29 is 24.8 Å². The Morgan fingerprint density at radius 3 is 3.00 bits per heavy atom. The number of hydrogen-bond acceptors (Lipinski definition) is 7. The number of halogens is 1. The van der Waals surface area contributed by atoms with E-state index in [0.717, 1.165) is 5.57 Å². The van der Waals surface area contributed by atoms with E-state index in [4.69, 9.17) is 14.6 Å². The zero-order chi connectivity index (χ0) is 13.8. The van der Waals surface area contributed by atoms with Crippen LogP contribution in [0, 0.1) is 0 Å². The van der Waals surface area contributed by atoms with Crippen LogP contribution < -0.4 is 0 Å². The SMILES string of the molecule is CC1(O)N=C2O[C@@H]3[C@@H](O)[C@H](CO)O[C@@H]3N2C/C1=C/I. The summed E-state index contributed by atoms with van der Waals surface area (Å²) in [5, 5.41) is 29.3.